The van der Waals surface area contributed by atoms with Crippen molar-refractivity contribution in [2.24, 2.45) is 5.73 Å². The average Bonchev–Trinajstić information content (AvgIpc) is 3.31. The van der Waals surface area contributed by atoms with E-state index in [-0.39, 0.29) is 41.2 Å². The highest BCUT2D eigenvalue weighted by Gasteiger charge is 2.50. The zero-order chi connectivity index (χ0) is 27.0. The van der Waals surface area contributed by atoms with E-state index < -0.39 is 33.0 Å². The Labute approximate surface area is 226 Å². The van der Waals surface area contributed by atoms with Gasteiger partial charge in [0.05, 0.1) is 16.6 Å². The van der Waals surface area contributed by atoms with Gasteiger partial charge < -0.3 is 15.2 Å². The van der Waals surface area contributed by atoms with Gasteiger partial charge in [0.2, 0.25) is 5.91 Å². The fourth-order valence-corrected chi connectivity index (χ4v) is 5.88. The molecule has 2 saturated heterocycles. The minimum absolute atomic E-state index is 0. The summed E-state index contributed by atoms with van der Waals surface area (Å²) < 4.78 is 74.7. The molecule has 2 unspecified atom stereocenters. The number of alkyl halides is 3. The van der Waals surface area contributed by atoms with Crippen LogP contribution in [0.25, 0.3) is 0 Å². The van der Waals surface area contributed by atoms with Crippen molar-refractivity contribution in [3.63, 3.8) is 0 Å². The van der Waals surface area contributed by atoms with Crippen LogP contribution in [0.5, 0.6) is 5.75 Å². The predicted octanol–water partition coefficient (Wildman–Crippen LogP) is 4.19. The molecule has 7 nitrogen and oxygen atoms in total. The number of carbonyl (C=O) groups is 1. The lowest BCUT2D eigenvalue weighted by molar-refractivity contribution is -0.142. The van der Waals surface area contributed by atoms with Crippen LogP contribution >= 0.6 is 12.4 Å². The van der Waals surface area contributed by atoms with Gasteiger partial charge in [-0.1, -0.05) is 25.1 Å². The highest BCUT2D eigenvalue weighted by Crippen LogP contribution is 2.39. The van der Waals surface area contributed by atoms with Gasteiger partial charge in [0.25, 0.3) is 0 Å². The number of nitrogens with two attached hydrogens (primary N) is 1. The molecule has 2 aromatic carbocycles. The smallest absolute Gasteiger partial charge is 0.416 e. The van der Waals surface area contributed by atoms with E-state index >= 15 is 0 Å². The summed E-state index contributed by atoms with van der Waals surface area (Å²) in [7, 11) is -3.32. The van der Waals surface area contributed by atoms with E-state index in [1.165, 1.54) is 12.1 Å². The monoisotopic (exact) mass is 576 g/mol. The number of sulfone groups is 1. The Bertz CT molecular complexity index is 1240. The van der Waals surface area contributed by atoms with E-state index in [2.05, 4.69) is 0 Å². The fraction of sp³-hybridized carbons (Fsp3) is 0.500. The number of carbonyl (C=O) groups excluding carboxylic acids is 1. The summed E-state index contributed by atoms with van der Waals surface area (Å²) in [6, 6.07) is 11.4. The van der Waals surface area contributed by atoms with Crippen LogP contribution in [0, 0.1) is 0 Å². The van der Waals surface area contributed by atoms with E-state index in [0.717, 1.165) is 24.0 Å². The Morgan fingerprint density at radius 1 is 1.21 bits per heavy atom. The molecule has 4 rings (SSSR count). The molecule has 1 amide bonds. The first-order chi connectivity index (χ1) is 17.3. The number of likely N-dealkylation sites (tertiary alicyclic amines) is 1. The zero-order valence-corrected chi connectivity index (χ0v) is 22.7. The third-order valence-electron chi connectivity index (χ3n) is 7.45. The minimum Gasteiger partial charge on any atom is -0.489 e. The van der Waals surface area contributed by atoms with E-state index in [1.807, 2.05) is 11.8 Å². The summed E-state index contributed by atoms with van der Waals surface area (Å²) in [5, 5.41) is 0. The van der Waals surface area contributed by atoms with Gasteiger partial charge in [0.15, 0.2) is 9.84 Å². The van der Waals surface area contributed by atoms with Crippen LogP contribution in [0.3, 0.4) is 0 Å². The largest absolute Gasteiger partial charge is 0.489 e. The van der Waals surface area contributed by atoms with E-state index in [9.17, 15) is 26.4 Å². The van der Waals surface area contributed by atoms with Gasteiger partial charge >= 0.3 is 6.18 Å². The lowest BCUT2D eigenvalue weighted by Gasteiger charge is -2.46. The van der Waals surface area contributed by atoms with Crippen LogP contribution in [0.1, 0.15) is 43.2 Å². The maximum atomic E-state index is 13.1. The molecule has 2 fully saturated rings. The van der Waals surface area contributed by atoms with Crippen molar-refractivity contribution in [1.29, 1.82) is 0 Å². The second-order valence-electron chi connectivity index (χ2n) is 9.89. The highest BCUT2D eigenvalue weighted by atomic mass is 35.5. The van der Waals surface area contributed by atoms with Crippen molar-refractivity contribution in [2.75, 3.05) is 26.0 Å². The van der Waals surface area contributed by atoms with Crippen molar-refractivity contribution in [3.05, 3.63) is 59.7 Å². The molecule has 38 heavy (non-hydrogen) atoms. The number of halogens is 4. The average molecular weight is 577 g/mol. The van der Waals surface area contributed by atoms with E-state index in [0.29, 0.717) is 39.0 Å². The normalized spacial score (nSPS) is 25.4. The first kappa shape index (κ1) is 30.2. The van der Waals surface area contributed by atoms with Crippen molar-refractivity contribution >= 4 is 28.2 Å². The van der Waals surface area contributed by atoms with E-state index in [4.69, 9.17) is 15.2 Å². The number of hydrogen-bond donors (Lipinski definition) is 1. The number of rotatable bonds is 7. The number of ether oxygens (including phenoxy) is 2. The van der Waals surface area contributed by atoms with Gasteiger partial charge in [-0.05, 0) is 48.7 Å². The quantitative estimate of drug-likeness (QED) is 0.531. The Morgan fingerprint density at radius 3 is 2.50 bits per heavy atom. The summed E-state index contributed by atoms with van der Waals surface area (Å²) in [6.45, 7) is 3.13. The van der Waals surface area contributed by atoms with Crippen LogP contribution in [0.15, 0.2) is 53.4 Å². The molecule has 0 radical (unpaired) electrons. The predicted molar refractivity (Wildman–Crippen MR) is 138 cm³/mol. The second kappa shape index (κ2) is 11.4. The molecule has 210 valence electrons. The third kappa shape index (κ3) is 6.44. The molecule has 12 heteroatoms. The molecular formula is C26H32ClF3N2O5S. The van der Waals surface area contributed by atoms with Crippen molar-refractivity contribution in [2.45, 2.75) is 60.9 Å². The number of benzene rings is 2. The maximum Gasteiger partial charge on any atom is 0.416 e. The standard InChI is InChI=1S/C26H31F3N2O5S.ClH/c1-17(18-6-8-22(9-7-18)37(2,33)34)23-15-25(24(30)32,11-13-35-23)31-12-10-21(16-31)36-20-5-3-4-19(14-20)26(27,28)29;/h3-9,14,17,21,23H,10-13,15-16H2,1-2H3,(H2,30,32);1H/t17-,21+,23?,25?;/m0./s1. The Kier molecular flexibility index (Phi) is 9.07. The lowest BCUT2D eigenvalue weighted by atomic mass is 9.79. The fourth-order valence-electron chi connectivity index (χ4n) is 5.25. The molecule has 2 heterocycles. The molecule has 0 bridgehead atoms. The van der Waals surface area contributed by atoms with Crippen molar-refractivity contribution in [1.82, 2.24) is 4.90 Å². The molecule has 4 atom stereocenters. The summed E-state index contributed by atoms with van der Waals surface area (Å²) in [5.41, 5.74) is 5.07. The molecule has 2 aliphatic rings. The maximum absolute atomic E-state index is 13.1. The first-order valence-corrected chi connectivity index (χ1v) is 14.0. The van der Waals surface area contributed by atoms with Crippen molar-refractivity contribution in [3.8, 4) is 5.75 Å². The topological polar surface area (TPSA) is 98.9 Å². The van der Waals surface area contributed by atoms with Gasteiger partial charge in [-0.3, -0.25) is 9.69 Å². The first-order valence-electron chi connectivity index (χ1n) is 12.1. The second-order valence-corrected chi connectivity index (χ2v) is 11.9. The summed E-state index contributed by atoms with van der Waals surface area (Å²) in [4.78, 5) is 15.0. The number of hydrogen-bond acceptors (Lipinski definition) is 6. The van der Waals surface area contributed by atoms with Gasteiger partial charge in [-0.2, -0.15) is 13.2 Å². The van der Waals surface area contributed by atoms with Crippen LogP contribution in [0.2, 0.25) is 0 Å². The zero-order valence-electron chi connectivity index (χ0n) is 21.1. The lowest BCUT2D eigenvalue weighted by Crippen LogP contribution is -2.61. The third-order valence-corrected chi connectivity index (χ3v) is 8.58. The van der Waals surface area contributed by atoms with Crippen LogP contribution < -0.4 is 10.5 Å². The van der Waals surface area contributed by atoms with E-state index in [1.54, 1.807) is 24.3 Å². The molecule has 0 spiro atoms. The Morgan fingerprint density at radius 2 is 1.89 bits per heavy atom. The van der Waals surface area contributed by atoms with Gasteiger partial charge in [0, 0.05) is 38.3 Å². The molecular weight excluding hydrogens is 545 g/mol. The van der Waals surface area contributed by atoms with Gasteiger partial charge in [0.1, 0.15) is 17.4 Å². The van der Waals surface area contributed by atoms with Crippen LogP contribution in [0.4, 0.5) is 13.2 Å². The number of nitrogens with zero attached hydrogens (tertiary/aromatic N) is 1. The van der Waals surface area contributed by atoms with Crippen molar-refractivity contribution < 1.29 is 35.9 Å². The summed E-state index contributed by atoms with van der Waals surface area (Å²) >= 11 is 0. The summed E-state index contributed by atoms with van der Waals surface area (Å²) in [6.07, 6.45) is -2.76. The summed E-state index contributed by atoms with van der Waals surface area (Å²) in [5.74, 6) is -0.474. The van der Waals surface area contributed by atoms with Crippen LogP contribution in [-0.4, -0.2) is 62.9 Å². The molecule has 0 saturated carbocycles. The Hall–Kier alpha value is -2.34. The number of primary amides is 1. The van der Waals surface area contributed by atoms with Gasteiger partial charge in [-0.15, -0.1) is 12.4 Å². The minimum atomic E-state index is -4.46. The molecule has 2 N–H and O–H groups in total. The SMILES string of the molecule is C[C@@H](c1ccc(S(C)(=O)=O)cc1)C1CC(C(N)=O)(N2CC[C@@H](Oc3cccc(C(F)(F)F)c3)C2)CCO1.Cl. The molecule has 0 aliphatic carbocycles. The highest BCUT2D eigenvalue weighted by molar-refractivity contribution is 7.90. The molecule has 2 aromatic rings. The van der Waals surface area contributed by atoms with Gasteiger partial charge in [-0.25, -0.2) is 8.42 Å². The Balaban J connectivity index is 0.00000400. The number of amides is 1. The molecule has 0 aromatic heterocycles. The van der Waals surface area contributed by atoms with Crippen LogP contribution in [-0.2, 0) is 25.5 Å². The molecule has 2 aliphatic heterocycles.